The lowest BCUT2D eigenvalue weighted by Crippen LogP contribution is -2.36. The number of nitrogens with zero attached hydrogens (tertiary/aromatic N) is 1. The topological polar surface area (TPSA) is 68.0 Å². The van der Waals surface area contributed by atoms with Crippen molar-refractivity contribution in [1.29, 1.82) is 0 Å². The lowest BCUT2D eigenvalue weighted by molar-refractivity contribution is 0.496. The fourth-order valence-electron chi connectivity index (χ4n) is 2.42. The molecule has 110 valence electrons. The van der Waals surface area contributed by atoms with Crippen molar-refractivity contribution in [3.63, 3.8) is 0 Å². The Balaban J connectivity index is 2.31. The summed E-state index contributed by atoms with van der Waals surface area (Å²) < 4.78 is 6.68. The van der Waals surface area contributed by atoms with E-state index in [1.165, 1.54) is 15.9 Å². The maximum Gasteiger partial charge on any atom is 0.329 e. The monoisotopic (exact) mass is 304 g/mol. The third-order valence-corrected chi connectivity index (χ3v) is 4.59. The first kappa shape index (κ1) is 13.9. The van der Waals surface area contributed by atoms with E-state index >= 15 is 0 Å². The first-order chi connectivity index (χ1) is 9.99. The minimum Gasteiger partial charge on any atom is -0.464 e. The third-order valence-electron chi connectivity index (χ3n) is 3.36. The summed E-state index contributed by atoms with van der Waals surface area (Å²) in [4.78, 5) is 29.0. The Bertz CT molecular complexity index is 898. The quantitative estimate of drug-likeness (QED) is 0.809. The Kier molecular flexibility index (Phi) is 3.33. The summed E-state index contributed by atoms with van der Waals surface area (Å²) in [7, 11) is 0. The number of hydrogen-bond acceptors (Lipinski definition) is 4. The smallest absolute Gasteiger partial charge is 0.329 e. The molecule has 0 spiro atoms. The Morgan fingerprint density at radius 2 is 2.14 bits per heavy atom. The van der Waals surface area contributed by atoms with Crippen molar-refractivity contribution in [2.75, 3.05) is 0 Å². The molecule has 0 radical (unpaired) electrons. The number of nitrogens with one attached hydrogen (secondary N) is 1. The van der Waals surface area contributed by atoms with Crippen LogP contribution in [0.4, 0.5) is 0 Å². The Hall–Kier alpha value is -2.08. The van der Waals surface area contributed by atoms with Crippen molar-refractivity contribution in [2.45, 2.75) is 27.3 Å². The lowest BCUT2D eigenvalue weighted by atomic mass is 10.2. The molecule has 0 atom stereocenters. The van der Waals surface area contributed by atoms with Crippen LogP contribution in [0.3, 0.4) is 0 Å². The van der Waals surface area contributed by atoms with E-state index in [0.717, 1.165) is 10.4 Å². The van der Waals surface area contributed by atoms with Crippen LogP contribution in [0.1, 0.15) is 19.4 Å². The van der Waals surface area contributed by atoms with Gasteiger partial charge in [0.1, 0.15) is 10.6 Å². The summed E-state index contributed by atoms with van der Waals surface area (Å²) in [5.41, 5.74) is 0.270. The van der Waals surface area contributed by atoms with Crippen molar-refractivity contribution in [2.24, 2.45) is 5.92 Å². The molecule has 0 aromatic carbocycles. The number of rotatable bonds is 3. The van der Waals surface area contributed by atoms with Crippen LogP contribution in [0.25, 0.3) is 20.9 Å². The summed E-state index contributed by atoms with van der Waals surface area (Å²) in [6.07, 6.45) is 1.60. The van der Waals surface area contributed by atoms with E-state index in [-0.39, 0.29) is 17.2 Å². The van der Waals surface area contributed by atoms with Gasteiger partial charge in [0, 0.05) is 6.54 Å². The summed E-state index contributed by atoms with van der Waals surface area (Å²) >= 11 is 1.37. The summed E-state index contributed by atoms with van der Waals surface area (Å²) in [5, 5.41) is 0.576. The molecule has 0 aliphatic heterocycles. The molecular formula is C15H16N2O3S. The molecule has 0 bridgehead atoms. The van der Waals surface area contributed by atoms with E-state index in [1.807, 2.05) is 26.8 Å². The van der Waals surface area contributed by atoms with Crippen molar-refractivity contribution in [3.8, 4) is 10.6 Å². The van der Waals surface area contributed by atoms with Crippen molar-refractivity contribution in [1.82, 2.24) is 9.55 Å². The van der Waals surface area contributed by atoms with Gasteiger partial charge in [-0.3, -0.25) is 14.3 Å². The van der Waals surface area contributed by atoms with Crippen LogP contribution in [0.2, 0.25) is 0 Å². The van der Waals surface area contributed by atoms with Gasteiger partial charge < -0.3 is 4.42 Å². The molecule has 6 heteroatoms. The number of aryl methyl sites for hydroxylation is 1. The molecule has 1 N–H and O–H groups in total. The SMILES string of the molecule is Cc1c(-c2ccco2)sc2[nH]c(=O)n(CC(C)C)c(=O)c12. The molecule has 3 rings (SSSR count). The van der Waals surface area contributed by atoms with Crippen LogP contribution in [0.5, 0.6) is 0 Å². The van der Waals surface area contributed by atoms with Crippen molar-refractivity contribution >= 4 is 21.6 Å². The third kappa shape index (κ3) is 2.25. The highest BCUT2D eigenvalue weighted by atomic mass is 32.1. The van der Waals surface area contributed by atoms with Crippen molar-refractivity contribution < 1.29 is 4.42 Å². The van der Waals surface area contributed by atoms with Gasteiger partial charge in [-0.25, -0.2) is 4.79 Å². The summed E-state index contributed by atoms with van der Waals surface area (Å²) in [5.74, 6) is 0.939. The van der Waals surface area contributed by atoms with E-state index in [2.05, 4.69) is 4.98 Å². The number of aromatic amines is 1. The Labute approximate surface area is 124 Å². The molecule has 0 saturated carbocycles. The largest absolute Gasteiger partial charge is 0.464 e. The molecule has 3 aromatic heterocycles. The van der Waals surface area contributed by atoms with Crippen LogP contribution in [-0.2, 0) is 6.54 Å². The summed E-state index contributed by atoms with van der Waals surface area (Å²) in [6.45, 7) is 6.25. The molecule has 0 amide bonds. The molecule has 5 nitrogen and oxygen atoms in total. The molecule has 0 fully saturated rings. The van der Waals surface area contributed by atoms with Crippen LogP contribution in [-0.4, -0.2) is 9.55 Å². The Morgan fingerprint density at radius 1 is 1.38 bits per heavy atom. The molecule has 21 heavy (non-hydrogen) atoms. The number of hydrogen-bond donors (Lipinski definition) is 1. The predicted molar refractivity (Wildman–Crippen MR) is 84.0 cm³/mol. The van der Waals surface area contributed by atoms with E-state index in [0.29, 0.717) is 22.5 Å². The zero-order chi connectivity index (χ0) is 15.1. The predicted octanol–water partition coefficient (Wildman–Crippen LogP) is 2.98. The van der Waals surface area contributed by atoms with Gasteiger partial charge >= 0.3 is 5.69 Å². The number of thiophene rings is 1. The molecule has 3 aromatic rings. The van der Waals surface area contributed by atoms with E-state index in [4.69, 9.17) is 4.42 Å². The average Bonchev–Trinajstić information content (AvgIpc) is 3.02. The standard InChI is InChI=1S/C15H16N2O3S/c1-8(2)7-17-14(18)11-9(3)12(10-5-4-6-20-10)21-13(11)16-15(17)19/h4-6,8H,7H2,1-3H3,(H,16,19). The number of H-pyrrole nitrogens is 1. The van der Waals surface area contributed by atoms with Crippen LogP contribution < -0.4 is 11.2 Å². The normalized spacial score (nSPS) is 11.6. The van der Waals surface area contributed by atoms with Gasteiger partial charge in [-0.05, 0) is 30.5 Å². The van der Waals surface area contributed by atoms with Gasteiger partial charge in [-0.2, -0.15) is 0 Å². The zero-order valence-corrected chi connectivity index (χ0v) is 12.9. The minimum atomic E-state index is -0.353. The molecular weight excluding hydrogens is 288 g/mol. The fourth-order valence-corrected chi connectivity index (χ4v) is 3.58. The highest BCUT2D eigenvalue weighted by Crippen LogP contribution is 2.35. The van der Waals surface area contributed by atoms with Gasteiger partial charge in [0.25, 0.3) is 5.56 Å². The Morgan fingerprint density at radius 3 is 2.76 bits per heavy atom. The molecule has 0 unspecified atom stereocenters. The first-order valence-corrected chi connectivity index (χ1v) is 7.60. The maximum atomic E-state index is 12.6. The van der Waals surface area contributed by atoms with E-state index < -0.39 is 0 Å². The van der Waals surface area contributed by atoms with Gasteiger partial charge in [0.05, 0.1) is 16.5 Å². The number of fused-ring (bicyclic) bond motifs is 1. The van der Waals surface area contributed by atoms with Crippen LogP contribution in [0.15, 0.2) is 32.4 Å². The zero-order valence-electron chi connectivity index (χ0n) is 12.1. The second-order valence-corrected chi connectivity index (χ2v) is 6.50. The average molecular weight is 304 g/mol. The van der Waals surface area contributed by atoms with Gasteiger partial charge in [-0.15, -0.1) is 11.3 Å². The second kappa shape index (κ2) is 5.04. The van der Waals surface area contributed by atoms with E-state index in [9.17, 15) is 9.59 Å². The van der Waals surface area contributed by atoms with Gasteiger partial charge in [0.15, 0.2) is 0 Å². The number of aromatic nitrogens is 2. The molecule has 0 aliphatic rings. The minimum absolute atomic E-state index is 0.227. The van der Waals surface area contributed by atoms with E-state index in [1.54, 1.807) is 12.3 Å². The number of furan rings is 1. The maximum absolute atomic E-state index is 12.6. The highest BCUT2D eigenvalue weighted by molar-refractivity contribution is 7.22. The highest BCUT2D eigenvalue weighted by Gasteiger charge is 2.18. The van der Waals surface area contributed by atoms with Crippen molar-refractivity contribution in [3.05, 3.63) is 44.8 Å². The fraction of sp³-hybridized carbons (Fsp3) is 0.333. The van der Waals surface area contributed by atoms with Gasteiger partial charge in [0.2, 0.25) is 0 Å². The van der Waals surface area contributed by atoms with Gasteiger partial charge in [-0.1, -0.05) is 13.8 Å². The molecule has 0 saturated heterocycles. The van der Waals surface area contributed by atoms with Crippen LogP contribution >= 0.6 is 11.3 Å². The second-order valence-electron chi connectivity index (χ2n) is 5.48. The molecule has 3 heterocycles. The van der Waals surface area contributed by atoms with Crippen LogP contribution in [0, 0.1) is 12.8 Å². The first-order valence-electron chi connectivity index (χ1n) is 6.79. The summed E-state index contributed by atoms with van der Waals surface area (Å²) in [6, 6.07) is 3.65. The molecule has 0 aliphatic carbocycles. The lowest BCUT2D eigenvalue weighted by Gasteiger charge is -2.07.